The van der Waals surface area contributed by atoms with Crippen LogP contribution in [0.25, 0.3) is 0 Å². The Hall–Kier alpha value is -1.54. The van der Waals surface area contributed by atoms with Crippen molar-refractivity contribution in [1.29, 1.82) is 0 Å². The fourth-order valence-corrected chi connectivity index (χ4v) is 2.58. The van der Waals surface area contributed by atoms with Gasteiger partial charge in [0.05, 0.1) is 0 Å². The summed E-state index contributed by atoms with van der Waals surface area (Å²) in [7, 11) is 0. The van der Waals surface area contributed by atoms with Gasteiger partial charge in [-0.15, -0.1) is 13.2 Å². The van der Waals surface area contributed by atoms with Gasteiger partial charge < -0.3 is 5.32 Å². The minimum absolute atomic E-state index is 0.637. The smallest absolute Gasteiger partial charge is 0.0376 e. The summed E-state index contributed by atoms with van der Waals surface area (Å²) < 4.78 is 0. The highest BCUT2D eigenvalue weighted by Gasteiger charge is 2.21. The number of anilines is 1. The maximum Gasteiger partial charge on any atom is 0.0376 e. The molecule has 1 N–H and O–H groups in total. The average molecular weight is 242 g/mol. The lowest BCUT2D eigenvalue weighted by Gasteiger charge is -2.20. The van der Waals surface area contributed by atoms with E-state index in [-0.39, 0.29) is 0 Å². The Morgan fingerprint density at radius 3 is 2.67 bits per heavy atom. The van der Waals surface area contributed by atoms with E-state index in [1.165, 1.54) is 17.7 Å². The first-order valence-electron chi connectivity index (χ1n) is 6.62. The molecule has 1 aromatic carbocycles. The summed E-state index contributed by atoms with van der Waals surface area (Å²) in [6.45, 7) is 11.7. The molecule has 0 saturated carbocycles. The molecular weight excluding hydrogens is 220 g/mol. The molecule has 1 heterocycles. The number of benzene rings is 1. The first kappa shape index (κ1) is 12.9. The van der Waals surface area contributed by atoms with Gasteiger partial charge in [-0.1, -0.05) is 30.4 Å². The van der Waals surface area contributed by atoms with E-state index in [0.717, 1.165) is 26.2 Å². The van der Waals surface area contributed by atoms with Crippen LogP contribution in [0, 0.1) is 0 Å². The third kappa shape index (κ3) is 3.02. The summed E-state index contributed by atoms with van der Waals surface area (Å²) in [6.07, 6.45) is 5.11. The summed E-state index contributed by atoms with van der Waals surface area (Å²) in [5, 5.41) is 3.48. The number of hydrogen-bond donors (Lipinski definition) is 1. The maximum atomic E-state index is 3.81. The number of fused-ring (bicyclic) bond motifs is 1. The maximum absolute atomic E-state index is 3.81. The summed E-state index contributed by atoms with van der Waals surface area (Å²) in [5.41, 5.74) is 2.77. The molecule has 0 fully saturated rings. The van der Waals surface area contributed by atoms with Crippen molar-refractivity contribution in [3.63, 3.8) is 0 Å². The Kier molecular flexibility index (Phi) is 4.59. The molecule has 2 nitrogen and oxygen atoms in total. The first-order chi connectivity index (χ1) is 8.85. The van der Waals surface area contributed by atoms with Gasteiger partial charge >= 0.3 is 0 Å². The SMILES string of the molecule is C=CCN(CC=C)CCC1CNc2ccccc21. The zero-order valence-electron chi connectivity index (χ0n) is 10.9. The Morgan fingerprint density at radius 2 is 1.94 bits per heavy atom. The molecule has 18 heavy (non-hydrogen) atoms. The van der Waals surface area contributed by atoms with E-state index in [2.05, 4.69) is 47.6 Å². The fourth-order valence-electron chi connectivity index (χ4n) is 2.58. The molecule has 1 aromatic rings. The summed E-state index contributed by atoms with van der Waals surface area (Å²) in [6, 6.07) is 8.63. The zero-order valence-corrected chi connectivity index (χ0v) is 10.9. The average Bonchev–Trinajstić information content (AvgIpc) is 2.80. The van der Waals surface area contributed by atoms with Crippen molar-refractivity contribution in [2.24, 2.45) is 0 Å². The van der Waals surface area contributed by atoms with Crippen LogP contribution in [0.5, 0.6) is 0 Å². The van der Waals surface area contributed by atoms with Crippen molar-refractivity contribution in [1.82, 2.24) is 4.90 Å². The predicted octanol–water partition coefficient (Wildman–Crippen LogP) is 3.26. The van der Waals surface area contributed by atoms with Crippen LogP contribution in [0.15, 0.2) is 49.6 Å². The van der Waals surface area contributed by atoms with E-state index >= 15 is 0 Å². The molecule has 1 aliphatic heterocycles. The van der Waals surface area contributed by atoms with Crippen molar-refractivity contribution in [2.75, 3.05) is 31.5 Å². The van der Waals surface area contributed by atoms with Crippen LogP contribution in [0.4, 0.5) is 5.69 Å². The summed E-state index contributed by atoms with van der Waals surface area (Å²) in [4.78, 5) is 2.38. The van der Waals surface area contributed by atoms with Crippen LogP contribution in [0.1, 0.15) is 17.9 Å². The van der Waals surface area contributed by atoms with Gasteiger partial charge in [0, 0.05) is 31.2 Å². The Bertz CT molecular complexity index is 401. The van der Waals surface area contributed by atoms with Crippen LogP contribution in [-0.2, 0) is 0 Å². The third-order valence-electron chi connectivity index (χ3n) is 3.51. The van der Waals surface area contributed by atoms with Gasteiger partial charge in [-0.25, -0.2) is 0 Å². The highest BCUT2D eigenvalue weighted by Crippen LogP contribution is 2.33. The Morgan fingerprint density at radius 1 is 1.22 bits per heavy atom. The molecule has 1 unspecified atom stereocenters. The standard InChI is InChI=1S/C16H22N2/c1-3-10-18(11-4-2)12-9-14-13-17-16-8-6-5-7-15(14)16/h3-8,14,17H,1-2,9-13H2. The molecule has 0 saturated heterocycles. The highest BCUT2D eigenvalue weighted by molar-refractivity contribution is 5.57. The molecule has 1 atom stereocenters. The molecule has 0 radical (unpaired) electrons. The fraction of sp³-hybridized carbons (Fsp3) is 0.375. The van der Waals surface area contributed by atoms with Crippen molar-refractivity contribution < 1.29 is 0 Å². The van der Waals surface area contributed by atoms with Crippen molar-refractivity contribution in [2.45, 2.75) is 12.3 Å². The summed E-state index contributed by atoms with van der Waals surface area (Å²) >= 11 is 0. The number of nitrogens with one attached hydrogen (secondary N) is 1. The van der Waals surface area contributed by atoms with E-state index in [9.17, 15) is 0 Å². The monoisotopic (exact) mass is 242 g/mol. The third-order valence-corrected chi connectivity index (χ3v) is 3.51. The molecule has 2 heteroatoms. The van der Waals surface area contributed by atoms with Gasteiger partial charge in [0.25, 0.3) is 0 Å². The largest absolute Gasteiger partial charge is 0.384 e. The molecule has 96 valence electrons. The normalized spacial score (nSPS) is 17.3. The van der Waals surface area contributed by atoms with E-state index in [0.29, 0.717) is 5.92 Å². The van der Waals surface area contributed by atoms with E-state index in [1.54, 1.807) is 0 Å². The van der Waals surface area contributed by atoms with Crippen LogP contribution >= 0.6 is 0 Å². The Balaban J connectivity index is 1.91. The van der Waals surface area contributed by atoms with Crippen LogP contribution in [-0.4, -0.2) is 31.1 Å². The van der Waals surface area contributed by atoms with Crippen LogP contribution in [0.3, 0.4) is 0 Å². The van der Waals surface area contributed by atoms with Gasteiger partial charge in [0.1, 0.15) is 0 Å². The van der Waals surface area contributed by atoms with Crippen LogP contribution < -0.4 is 5.32 Å². The van der Waals surface area contributed by atoms with Crippen molar-refractivity contribution >= 4 is 5.69 Å². The van der Waals surface area contributed by atoms with Gasteiger partial charge in [0.15, 0.2) is 0 Å². The minimum atomic E-state index is 0.637. The minimum Gasteiger partial charge on any atom is -0.384 e. The van der Waals surface area contributed by atoms with Crippen molar-refractivity contribution in [3.8, 4) is 0 Å². The van der Waals surface area contributed by atoms with Gasteiger partial charge in [-0.05, 0) is 24.6 Å². The highest BCUT2D eigenvalue weighted by atomic mass is 15.1. The molecule has 0 amide bonds. The molecule has 1 aliphatic rings. The number of nitrogens with zero attached hydrogens (tertiary/aromatic N) is 1. The Labute approximate surface area is 110 Å². The molecule has 0 bridgehead atoms. The van der Waals surface area contributed by atoms with Crippen molar-refractivity contribution in [3.05, 3.63) is 55.1 Å². The lowest BCUT2D eigenvalue weighted by Crippen LogP contribution is -2.26. The zero-order chi connectivity index (χ0) is 12.8. The predicted molar refractivity (Wildman–Crippen MR) is 79.1 cm³/mol. The van der Waals surface area contributed by atoms with Gasteiger partial charge in [0.2, 0.25) is 0 Å². The first-order valence-corrected chi connectivity index (χ1v) is 6.62. The number of hydrogen-bond acceptors (Lipinski definition) is 2. The number of para-hydroxylation sites is 1. The van der Waals surface area contributed by atoms with Crippen LogP contribution in [0.2, 0.25) is 0 Å². The van der Waals surface area contributed by atoms with E-state index in [1.807, 2.05) is 12.2 Å². The van der Waals surface area contributed by atoms with E-state index in [4.69, 9.17) is 0 Å². The lowest BCUT2D eigenvalue weighted by molar-refractivity contribution is 0.321. The second kappa shape index (κ2) is 6.41. The van der Waals surface area contributed by atoms with Gasteiger partial charge in [-0.3, -0.25) is 4.90 Å². The second-order valence-corrected chi connectivity index (χ2v) is 4.79. The van der Waals surface area contributed by atoms with Gasteiger partial charge in [-0.2, -0.15) is 0 Å². The second-order valence-electron chi connectivity index (χ2n) is 4.79. The lowest BCUT2D eigenvalue weighted by atomic mass is 9.98. The molecule has 0 aliphatic carbocycles. The summed E-state index contributed by atoms with van der Waals surface area (Å²) in [5.74, 6) is 0.637. The quantitative estimate of drug-likeness (QED) is 0.738. The van der Waals surface area contributed by atoms with E-state index < -0.39 is 0 Å². The molecule has 2 rings (SSSR count). The number of rotatable bonds is 7. The molecular formula is C16H22N2. The topological polar surface area (TPSA) is 15.3 Å². The molecule has 0 spiro atoms. The molecule has 0 aromatic heterocycles.